The van der Waals surface area contributed by atoms with Crippen LogP contribution in [0, 0.1) is 47.3 Å². The van der Waals surface area contributed by atoms with E-state index in [9.17, 15) is 19.2 Å². The maximum atomic E-state index is 15.3. The number of Topliss-reactive ketones (excluding diaryl/α,β-unsaturated/α-hetero) is 4. The second-order valence-electron chi connectivity index (χ2n) is 19.6. The molecule has 0 radical (unpaired) electrons. The summed E-state index contributed by atoms with van der Waals surface area (Å²) in [5, 5.41) is 0.788. The molecule has 0 saturated heterocycles. The Morgan fingerprint density at radius 2 is 0.970 bits per heavy atom. The Labute approximate surface area is 393 Å². The zero-order valence-corrected chi connectivity index (χ0v) is 38.8. The molecular formula is C53H48N2O8S3. The molecule has 8 unspecified atom stereocenters. The van der Waals surface area contributed by atoms with Crippen LogP contribution in [-0.4, -0.2) is 46.5 Å². The van der Waals surface area contributed by atoms with E-state index in [4.69, 9.17) is 19.5 Å². The van der Waals surface area contributed by atoms with E-state index in [0.717, 1.165) is 80.0 Å². The first kappa shape index (κ1) is 42.1. The maximum absolute atomic E-state index is 15.3. The van der Waals surface area contributed by atoms with Gasteiger partial charge in [-0.25, -0.2) is 9.98 Å². The van der Waals surface area contributed by atoms with Crippen molar-refractivity contribution >= 4 is 99.9 Å². The second-order valence-corrected chi connectivity index (χ2v) is 22.8. The van der Waals surface area contributed by atoms with E-state index in [0.29, 0.717) is 59.3 Å². The number of fused-ring (bicyclic) bond motifs is 9. The molecule has 8 atom stereocenters. The molecule has 7 aliphatic rings. The SMILES string of the molecule is O=C1C(=Nc2cc3c(s2)-c2sc4cc(N=C5C(=O)C6CC7CCCCC7CC6C5=O)sc4c2C3(C(=O)OCc2ccccc2)C(=O)OCc2ccccc2)C(=O)C2CC3CCCCC3CC12. The third-order valence-electron chi connectivity index (χ3n) is 16.1. The van der Waals surface area contributed by atoms with Gasteiger partial charge in [0.1, 0.15) is 23.2 Å². The molecule has 3 heterocycles. The zero-order valence-electron chi connectivity index (χ0n) is 36.3. The number of carbonyl (C=O) groups is 6. The zero-order chi connectivity index (χ0) is 44.8. The van der Waals surface area contributed by atoms with Gasteiger partial charge in [-0.3, -0.25) is 28.8 Å². The molecule has 0 bridgehead atoms. The molecule has 2 aromatic carbocycles. The Bertz CT molecular complexity index is 2800. The predicted molar refractivity (Wildman–Crippen MR) is 254 cm³/mol. The standard InChI is InChI=1S/C53H48N2O8S3/c56-44-33-19-29-15-7-8-16-30(29)20-34(33)45(57)42(44)54-39-23-37-48(65-39)50-41(53(37,51(60)62-25-27-11-3-1-4-12-27)52(61)63-26-28-13-5-2-6-14-28)49-38(64-50)24-40(66-49)55-43-46(58)35-21-31-17-9-10-18-32(31)22-36(35)47(43)59/h1-6,11-14,23-24,29-36H,7-10,15-22,25-26H2. The maximum Gasteiger partial charge on any atom is 0.333 e. The normalized spacial score (nSPS) is 28.3. The van der Waals surface area contributed by atoms with E-state index in [1.54, 1.807) is 6.07 Å². The van der Waals surface area contributed by atoms with E-state index in [1.165, 1.54) is 46.9 Å². The number of aliphatic imine (C=N–C) groups is 2. The minimum Gasteiger partial charge on any atom is -0.459 e. The second kappa shape index (κ2) is 16.5. The fourth-order valence-corrected chi connectivity index (χ4v) is 16.8. The summed E-state index contributed by atoms with van der Waals surface area (Å²) in [6.45, 7) is -0.230. The van der Waals surface area contributed by atoms with Crippen molar-refractivity contribution in [2.24, 2.45) is 57.3 Å². The molecule has 7 aliphatic carbocycles. The summed E-state index contributed by atoms with van der Waals surface area (Å²) in [6.07, 6.45) is 12.0. The number of ketones is 4. The van der Waals surface area contributed by atoms with Gasteiger partial charge >= 0.3 is 11.9 Å². The quantitative estimate of drug-likeness (QED) is 0.110. The first-order valence-corrected chi connectivity index (χ1v) is 26.1. The molecular weight excluding hydrogens is 889 g/mol. The smallest absolute Gasteiger partial charge is 0.333 e. The summed E-state index contributed by atoms with van der Waals surface area (Å²) in [5.41, 5.74) is 0.00275. The van der Waals surface area contributed by atoms with Gasteiger partial charge in [0.15, 0.2) is 34.6 Å². The van der Waals surface area contributed by atoms with Crippen molar-refractivity contribution in [1.82, 2.24) is 0 Å². The van der Waals surface area contributed by atoms with Crippen molar-refractivity contribution in [3.05, 3.63) is 95.1 Å². The van der Waals surface area contributed by atoms with Gasteiger partial charge in [0.25, 0.3) is 0 Å². The van der Waals surface area contributed by atoms with Crippen LogP contribution >= 0.6 is 34.0 Å². The highest BCUT2D eigenvalue weighted by molar-refractivity contribution is 7.33. The van der Waals surface area contributed by atoms with Crippen molar-refractivity contribution < 1.29 is 38.2 Å². The number of hydrogen-bond donors (Lipinski definition) is 0. The van der Waals surface area contributed by atoms with E-state index >= 15 is 9.59 Å². The Balaban J connectivity index is 0.964. The van der Waals surface area contributed by atoms with Crippen LogP contribution in [0.4, 0.5) is 10.0 Å². The van der Waals surface area contributed by atoms with E-state index in [2.05, 4.69) is 0 Å². The number of nitrogens with zero attached hydrogens (tertiary/aromatic N) is 2. The monoisotopic (exact) mass is 936 g/mol. The Morgan fingerprint density at radius 3 is 1.41 bits per heavy atom. The Morgan fingerprint density at radius 1 is 0.545 bits per heavy atom. The highest BCUT2D eigenvalue weighted by atomic mass is 32.1. The molecule has 0 aliphatic heterocycles. The molecule has 336 valence electrons. The number of thiophene rings is 3. The van der Waals surface area contributed by atoms with Crippen molar-refractivity contribution in [1.29, 1.82) is 0 Å². The van der Waals surface area contributed by atoms with Crippen molar-refractivity contribution in [2.45, 2.75) is 95.7 Å². The number of hydrogen-bond acceptors (Lipinski definition) is 13. The van der Waals surface area contributed by atoms with Crippen LogP contribution in [0.15, 0.2) is 82.8 Å². The molecule has 5 aromatic rings. The lowest BCUT2D eigenvalue weighted by molar-refractivity contribution is -0.164. The van der Waals surface area contributed by atoms with Crippen LogP contribution in [0.3, 0.4) is 0 Å². The van der Waals surface area contributed by atoms with Crippen LogP contribution in [0.5, 0.6) is 0 Å². The molecule has 12 rings (SSSR count). The average molecular weight is 937 g/mol. The van der Waals surface area contributed by atoms with E-state index in [-0.39, 0.29) is 71.4 Å². The molecule has 66 heavy (non-hydrogen) atoms. The predicted octanol–water partition coefficient (Wildman–Crippen LogP) is 10.9. The topological polar surface area (TPSA) is 146 Å². The number of carbonyl (C=O) groups excluding carboxylic acids is 6. The minimum atomic E-state index is -2.13. The van der Waals surface area contributed by atoms with Gasteiger partial charge < -0.3 is 9.47 Å². The van der Waals surface area contributed by atoms with Gasteiger partial charge in [-0.05, 0) is 72.6 Å². The van der Waals surface area contributed by atoms with Gasteiger partial charge in [-0.15, -0.1) is 34.0 Å². The highest BCUT2D eigenvalue weighted by Gasteiger charge is 2.62. The lowest BCUT2D eigenvalue weighted by Crippen LogP contribution is -2.45. The number of esters is 2. The van der Waals surface area contributed by atoms with Crippen LogP contribution < -0.4 is 0 Å². The molecule has 6 saturated carbocycles. The number of ether oxygens (including phenoxy) is 2. The van der Waals surface area contributed by atoms with Gasteiger partial charge in [-0.1, -0.05) is 112 Å². The molecule has 6 fully saturated rings. The summed E-state index contributed by atoms with van der Waals surface area (Å²) in [7, 11) is 0. The number of benzene rings is 2. The molecule has 10 nitrogen and oxygen atoms in total. The van der Waals surface area contributed by atoms with Gasteiger partial charge in [0.05, 0.1) is 14.5 Å². The van der Waals surface area contributed by atoms with Crippen molar-refractivity contribution in [2.75, 3.05) is 0 Å². The fourth-order valence-electron chi connectivity index (χ4n) is 12.9. The Hall–Kier alpha value is -5.24. The first-order valence-electron chi connectivity index (χ1n) is 23.6. The third-order valence-corrected chi connectivity index (χ3v) is 19.7. The van der Waals surface area contributed by atoms with Crippen LogP contribution in [-0.2, 0) is 56.9 Å². The molecule has 0 amide bonds. The summed E-state index contributed by atoms with van der Waals surface area (Å²) in [6, 6.07) is 21.9. The van der Waals surface area contributed by atoms with Crippen LogP contribution in [0.2, 0.25) is 0 Å². The van der Waals surface area contributed by atoms with E-state index in [1.807, 2.05) is 66.7 Å². The van der Waals surface area contributed by atoms with Gasteiger partial charge in [0, 0.05) is 39.5 Å². The summed E-state index contributed by atoms with van der Waals surface area (Å²) < 4.78 is 13.6. The number of rotatable bonds is 8. The molecule has 0 spiro atoms. The first-order chi connectivity index (χ1) is 32.2. The average Bonchev–Trinajstić information content (AvgIpc) is 4.17. The summed E-state index contributed by atoms with van der Waals surface area (Å²) in [4.78, 5) is 97.4. The third kappa shape index (κ3) is 6.72. The molecule has 0 N–H and O–H groups in total. The lowest BCUT2D eigenvalue weighted by Gasteiger charge is -2.39. The van der Waals surface area contributed by atoms with E-state index < -0.39 is 17.4 Å². The van der Waals surface area contributed by atoms with Crippen LogP contribution in [0.1, 0.15) is 99.3 Å². The highest BCUT2D eigenvalue weighted by Crippen LogP contribution is 2.62. The van der Waals surface area contributed by atoms with Gasteiger partial charge in [0.2, 0.25) is 5.41 Å². The summed E-state index contributed by atoms with van der Waals surface area (Å²) >= 11 is 3.85. The van der Waals surface area contributed by atoms with Crippen LogP contribution in [0.25, 0.3) is 19.2 Å². The fraction of sp³-hybridized carbons (Fsp3) is 0.434. The van der Waals surface area contributed by atoms with Gasteiger partial charge in [-0.2, -0.15) is 0 Å². The molecule has 3 aromatic heterocycles. The van der Waals surface area contributed by atoms with Crippen molar-refractivity contribution in [3.63, 3.8) is 0 Å². The lowest BCUT2D eigenvalue weighted by atomic mass is 9.64. The Kier molecular flexibility index (Phi) is 10.5. The minimum absolute atomic E-state index is 0.00229. The molecule has 13 heteroatoms. The largest absolute Gasteiger partial charge is 0.459 e. The summed E-state index contributed by atoms with van der Waals surface area (Å²) in [5.74, 6) is -1.96. The van der Waals surface area contributed by atoms with Crippen molar-refractivity contribution in [3.8, 4) is 9.75 Å².